The van der Waals surface area contributed by atoms with Crippen molar-refractivity contribution in [2.24, 2.45) is 0 Å². The molecule has 0 heterocycles. The molecule has 2 rings (SSSR count). The molecule has 0 aliphatic heterocycles. The zero-order chi connectivity index (χ0) is 11.7. The van der Waals surface area contributed by atoms with Gasteiger partial charge < -0.3 is 9.84 Å². The first-order valence-electron chi connectivity index (χ1n) is 5.77. The van der Waals surface area contributed by atoms with Crippen molar-refractivity contribution in [3.8, 4) is 5.75 Å². The first kappa shape index (κ1) is 11.9. The van der Waals surface area contributed by atoms with Crippen LogP contribution in [0.5, 0.6) is 5.75 Å². The molecule has 0 amide bonds. The van der Waals surface area contributed by atoms with Crippen molar-refractivity contribution in [1.29, 1.82) is 0 Å². The van der Waals surface area contributed by atoms with E-state index in [4.69, 9.17) is 4.74 Å². The maximum absolute atomic E-state index is 10.0. The first-order valence-corrected chi connectivity index (χ1v) is 6.57. The third-order valence-corrected chi connectivity index (χ3v) is 3.83. The number of halogens is 1. The van der Waals surface area contributed by atoms with Gasteiger partial charge in [-0.15, -0.1) is 0 Å². The van der Waals surface area contributed by atoms with Crippen molar-refractivity contribution >= 4 is 15.9 Å². The Morgan fingerprint density at radius 2 is 2.19 bits per heavy atom. The maximum atomic E-state index is 10.0. The molecule has 1 aliphatic rings. The lowest BCUT2D eigenvalue weighted by Gasteiger charge is -2.28. The molecule has 0 saturated heterocycles. The molecule has 0 spiro atoms. The molecule has 0 bridgehead atoms. The van der Waals surface area contributed by atoms with Crippen LogP contribution >= 0.6 is 15.9 Å². The van der Waals surface area contributed by atoms with Crippen molar-refractivity contribution in [3.05, 3.63) is 27.7 Å². The second kappa shape index (κ2) is 4.76. The number of rotatable bonds is 2. The monoisotopic (exact) mass is 284 g/mol. The van der Waals surface area contributed by atoms with Crippen LogP contribution in [0.4, 0.5) is 0 Å². The van der Waals surface area contributed by atoms with Crippen LogP contribution in [-0.4, -0.2) is 11.7 Å². The maximum Gasteiger partial charge on any atom is 0.120 e. The fraction of sp³-hybridized carbons (Fsp3) is 0.538. The first-order chi connectivity index (χ1) is 7.63. The average molecular weight is 285 g/mol. The van der Waals surface area contributed by atoms with Crippen LogP contribution in [0, 0.1) is 0 Å². The topological polar surface area (TPSA) is 29.5 Å². The second-order valence-electron chi connectivity index (χ2n) is 4.34. The number of benzene rings is 1. The summed E-state index contributed by atoms with van der Waals surface area (Å²) in [5.74, 6) is 1.34. The van der Waals surface area contributed by atoms with Gasteiger partial charge in [-0.05, 0) is 48.9 Å². The van der Waals surface area contributed by atoms with Gasteiger partial charge in [0.2, 0.25) is 0 Å². The summed E-state index contributed by atoms with van der Waals surface area (Å²) in [6.07, 6.45) is 1.54. The standard InChI is InChI=1S/C13H17BrO2/c1-3-16-9-6-10-12(15)5-4-8(2)13(10)11(14)7-9/h6-8,12,15H,3-5H2,1-2H3. The average Bonchev–Trinajstić information content (AvgIpc) is 2.23. The third kappa shape index (κ3) is 2.11. The SMILES string of the molecule is CCOc1cc(Br)c2c(c1)C(O)CCC2C. The van der Waals surface area contributed by atoms with Crippen molar-refractivity contribution in [2.45, 2.75) is 38.7 Å². The number of hydrogen-bond donors (Lipinski definition) is 1. The van der Waals surface area contributed by atoms with Gasteiger partial charge in [-0.3, -0.25) is 0 Å². The molecule has 0 saturated carbocycles. The lowest BCUT2D eigenvalue weighted by molar-refractivity contribution is 0.151. The predicted octanol–water partition coefficient (Wildman–Crippen LogP) is 3.78. The molecule has 1 aliphatic carbocycles. The Kier molecular flexibility index (Phi) is 3.55. The minimum atomic E-state index is -0.345. The van der Waals surface area contributed by atoms with Crippen LogP contribution < -0.4 is 4.74 Å². The van der Waals surface area contributed by atoms with Crippen molar-refractivity contribution < 1.29 is 9.84 Å². The van der Waals surface area contributed by atoms with E-state index in [0.717, 1.165) is 28.6 Å². The van der Waals surface area contributed by atoms with Gasteiger partial charge in [0.1, 0.15) is 5.75 Å². The Hall–Kier alpha value is -0.540. The van der Waals surface area contributed by atoms with Gasteiger partial charge in [0.15, 0.2) is 0 Å². The summed E-state index contributed by atoms with van der Waals surface area (Å²) in [6.45, 7) is 4.82. The smallest absolute Gasteiger partial charge is 0.120 e. The fourth-order valence-electron chi connectivity index (χ4n) is 2.37. The second-order valence-corrected chi connectivity index (χ2v) is 5.19. The van der Waals surface area contributed by atoms with Gasteiger partial charge >= 0.3 is 0 Å². The van der Waals surface area contributed by atoms with Crippen LogP contribution in [0.2, 0.25) is 0 Å². The van der Waals surface area contributed by atoms with E-state index in [9.17, 15) is 5.11 Å². The van der Waals surface area contributed by atoms with Gasteiger partial charge in [0, 0.05) is 4.47 Å². The molecule has 88 valence electrons. The Labute approximate surface area is 105 Å². The zero-order valence-electron chi connectivity index (χ0n) is 9.66. The number of ether oxygens (including phenoxy) is 1. The minimum Gasteiger partial charge on any atom is -0.494 e. The summed E-state index contributed by atoms with van der Waals surface area (Å²) in [6, 6.07) is 3.97. The lowest BCUT2D eigenvalue weighted by atomic mass is 9.82. The summed E-state index contributed by atoms with van der Waals surface area (Å²) >= 11 is 3.58. The highest BCUT2D eigenvalue weighted by molar-refractivity contribution is 9.10. The van der Waals surface area contributed by atoms with Gasteiger partial charge in [-0.25, -0.2) is 0 Å². The highest BCUT2D eigenvalue weighted by atomic mass is 79.9. The van der Waals surface area contributed by atoms with Crippen LogP contribution in [-0.2, 0) is 0 Å². The summed E-state index contributed by atoms with van der Waals surface area (Å²) in [5.41, 5.74) is 2.26. The summed E-state index contributed by atoms with van der Waals surface area (Å²) in [7, 11) is 0. The molecule has 3 heteroatoms. The van der Waals surface area contributed by atoms with Gasteiger partial charge in [0.05, 0.1) is 12.7 Å². The Morgan fingerprint density at radius 1 is 1.44 bits per heavy atom. The molecule has 2 unspecified atom stereocenters. The van der Waals surface area contributed by atoms with Gasteiger partial charge in [0.25, 0.3) is 0 Å². The van der Waals surface area contributed by atoms with E-state index in [1.165, 1.54) is 5.56 Å². The van der Waals surface area contributed by atoms with Gasteiger partial charge in [-0.2, -0.15) is 0 Å². The van der Waals surface area contributed by atoms with E-state index < -0.39 is 0 Å². The van der Waals surface area contributed by atoms with E-state index >= 15 is 0 Å². The normalized spacial score (nSPS) is 24.0. The molecule has 1 N–H and O–H groups in total. The summed E-state index contributed by atoms with van der Waals surface area (Å²) in [5, 5.41) is 10.0. The molecule has 2 nitrogen and oxygen atoms in total. The fourth-order valence-corrected chi connectivity index (χ4v) is 3.21. The zero-order valence-corrected chi connectivity index (χ0v) is 11.3. The van der Waals surface area contributed by atoms with Crippen molar-refractivity contribution in [1.82, 2.24) is 0 Å². The molecule has 0 fully saturated rings. The Balaban J connectivity index is 2.48. The highest BCUT2D eigenvalue weighted by Gasteiger charge is 2.26. The van der Waals surface area contributed by atoms with Crippen molar-refractivity contribution in [3.63, 3.8) is 0 Å². The molecule has 1 aromatic carbocycles. The van der Waals surface area contributed by atoms with Crippen LogP contribution in [0.1, 0.15) is 49.8 Å². The molecular formula is C13H17BrO2. The molecule has 0 aromatic heterocycles. The predicted molar refractivity (Wildman–Crippen MR) is 67.9 cm³/mol. The molecule has 0 radical (unpaired) electrons. The largest absolute Gasteiger partial charge is 0.494 e. The lowest BCUT2D eigenvalue weighted by Crippen LogP contribution is -2.13. The van der Waals surface area contributed by atoms with Crippen molar-refractivity contribution in [2.75, 3.05) is 6.61 Å². The summed E-state index contributed by atoms with van der Waals surface area (Å²) < 4.78 is 6.55. The van der Waals surface area contributed by atoms with E-state index in [0.29, 0.717) is 12.5 Å². The highest BCUT2D eigenvalue weighted by Crippen LogP contribution is 2.43. The quantitative estimate of drug-likeness (QED) is 0.896. The number of aliphatic hydroxyl groups excluding tert-OH is 1. The number of aliphatic hydroxyl groups is 1. The molecule has 2 atom stereocenters. The number of hydrogen-bond acceptors (Lipinski definition) is 2. The van der Waals surface area contributed by atoms with E-state index in [2.05, 4.69) is 22.9 Å². The Bertz CT molecular complexity index is 390. The summed E-state index contributed by atoms with van der Waals surface area (Å²) in [4.78, 5) is 0. The van der Waals surface area contributed by atoms with E-state index in [1.807, 2.05) is 19.1 Å². The van der Waals surface area contributed by atoms with E-state index in [1.54, 1.807) is 0 Å². The third-order valence-electron chi connectivity index (χ3n) is 3.17. The van der Waals surface area contributed by atoms with Crippen LogP contribution in [0.15, 0.2) is 16.6 Å². The molecule has 1 aromatic rings. The van der Waals surface area contributed by atoms with Crippen LogP contribution in [0.25, 0.3) is 0 Å². The van der Waals surface area contributed by atoms with Gasteiger partial charge in [-0.1, -0.05) is 22.9 Å². The number of fused-ring (bicyclic) bond motifs is 1. The minimum absolute atomic E-state index is 0.345. The molecule has 16 heavy (non-hydrogen) atoms. The van der Waals surface area contributed by atoms with E-state index in [-0.39, 0.29) is 6.10 Å². The Morgan fingerprint density at radius 3 is 2.88 bits per heavy atom. The van der Waals surface area contributed by atoms with Crippen LogP contribution in [0.3, 0.4) is 0 Å². The molecular weight excluding hydrogens is 268 g/mol.